The highest BCUT2D eigenvalue weighted by molar-refractivity contribution is 5.82. The zero-order valence-electron chi connectivity index (χ0n) is 23.4. The summed E-state index contributed by atoms with van der Waals surface area (Å²) in [7, 11) is 0. The zero-order valence-corrected chi connectivity index (χ0v) is 23.4. The molecule has 0 saturated carbocycles. The van der Waals surface area contributed by atoms with Crippen molar-refractivity contribution in [2.45, 2.75) is 117 Å². The van der Waals surface area contributed by atoms with E-state index in [0.29, 0.717) is 11.5 Å². The second kappa shape index (κ2) is 18.6. The standard InChI is InChI=1S/C33H48O4/c1-4-6-8-10-12-14-16-28-18-22-30(23-19-28)36-32(34)26-27(3)33(35)37-31-24-20-29(21-25-31)17-15-13-11-9-7-5-2/h18-25,27H,4-17,26H2,1-3H3. The number of unbranched alkanes of at least 4 members (excludes halogenated alkanes) is 10. The van der Waals surface area contributed by atoms with Gasteiger partial charge in [0.1, 0.15) is 11.5 Å². The molecule has 0 aliphatic rings. The first-order valence-electron chi connectivity index (χ1n) is 14.6. The highest BCUT2D eigenvalue weighted by atomic mass is 16.5. The number of rotatable bonds is 19. The third kappa shape index (κ3) is 13.5. The summed E-state index contributed by atoms with van der Waals surface area (Å²) in [4.78, 5) is 24.8. The molecule has 2 aromatic carbocycles. The lowest BCUT2D eigenvalue weighted by molar-refractivity contribution is -0.144. The van der Waals surface area contributed by atoms with Gasteiger partial charge in [-0.25, -0.2) is 0 Å². The van der Waals surface area contributed by atoms with E-state index in [1.807, 2.05) is 48.5 Å². The van der Waals surface area contributed by atoms with Gasteiger partial charge in [0.05, 0.1) is 12.3 Å². The van der Waals surface area contributed by atoms with Crippen LogP contribution in [0, 0.1) is 5.92 Å². The van der Waals surface area contributed by atoms with E-state index in [1.165, 1.54) is 88.2 Å². The minimum atomic E-state index is -0.581. The molecule has 0 spiro atoms. The lowest BCUT2D eigenvalue weighted by Gasteiger charge is -2.12. The summed E-state index contributed by atoms with van der Waals surface area (Å²) in [5, 5.41) is 0. The van der Waals surface area contributed by atoms with Crippen LogP contribution in [-0.2, 0) is 22.4 Å². The molecule has 0 aromatic heterocycles. The number of benzene rings is 2. The van der Waals surface area contributed by atoms with Crippen LogP contribution in [0.5, 0.6) is 11.5 Å². The van der Waals surface area contributed by atoms with E-state index in [2.05, 4.69) is 13.8 Å². The summed E-state index contributed by atoms with van der Waals surface area (Å²) in [5.74, 6) is -0.407. The molecule has 0 amide bonds. The van der Waals surface area contributed by atoms with E-state index in [0.717, 1.165) is 12.8 Å². The van der Waals surface area contributed by atoms with Crippen LogP contribution in [0.2, 0.25) is 0 Å². The summed E-state index contributed by atoms with van der Waals surface area (Å²) in [5.41, 5.74) is 2.51. The molecule has 2 rings (SSSR count). The van der Waals surface area contributed by atoms with Crippen LogP contribution in [-0.4, -0.2) is 11.9 Å². The van der Waals surface area contributed by atoms with Gasteiger partial charge in [0.15, 0.2) is 0 Å². The molecule has 37 heavy (non-hydrogen) atoms. The Morgan fingerprint density at radius 2 is 1.00 bits per heavy atom. The minimum absolute atomic E-state index is 0.0194. The van der Waals surface area contributed by atoms with Gasteiger partial charge in [-0.3, -0.25) is 9.59 Å². The van der Waals surface area contributed by atoms with E-state index >= 15 is 0 Å². The Kier molecular flexibility index (Phi) is 15.4. The van der Waals surface area contributed by atoms with Gasteiger partial charge in [0.25, 0.3) is 0 Å². The van der Waals surface area contributed by atoms with E-state index in [1.54, 1.807) is 6.92 Å². The van der Waals surface area contributed by atoms with Crippen molar-refractivity contribution in [3.05, 3.63) is 59.7 Å². The fourth-order valence-electron chi connectivity index (χ4n) is 4.39. The van der Waals surface area contributed by atoms with Crippen LogP contribution in [0.25, 0.3) is 0 Å². The van der Waals surface area contributed by atoms with Crippen molar-refractivity contribution in [3.63, 3.8) is 0 Å². The second-order valence-corrected chi connectivity index (χ2v) is 10.3. The molecule has 1 atom stereocenters. The molecule has 0 bridgehead atoms. The predicted octanol–water partition coefficient (Wildman–Crippen LogP) is 9.03. The molecule has 0 N–H and O–H groups in total. The molecule has 4 nitrogen and oxygen atoms in total. The number of hydrogen-bond donors (Lipinski definition) is 0. The Bertz CT molecular complexity index is 886. The third-order valence-electron chi connectivity index (χ3n) is 6.81. The number of carbonyl (C=O) groups excluding carboxylic acids is 2. The van der Waals surface area contributed by atoms with Gasteiger partial charge in [-0.1, -0.05) is 109 Å². The fourth-order valence-corrected chi connectivity index (χ4v) is 4.39. The molecule has 0 heterocycles. The molecule has 0 aliphatic carbocycles. The third-order valence-corrected chi connectivity index (χ3v) is 6.81. The van der Waals surface area contributed by atoms with Crippen LogP contribution in [0.1, 0.15) is 115 Å². The van der Waals surface area contributed by atoms with Crippen molar-refractivity contribution >= 4 is 11.9 Å². The number of hydrogen-bond acceptors (Lipinski definition) is 4. The van der Waals surface area contributed by atoms with E-state index in [-0.39, 0.29) is 6.42 Å². The van der Waals surface area contributed by atoms with Gasteiger partial charge in [0.2, 0.25) is 0 Å². The molecular weight excluding hydrogens is 460 g/mol. The Morgan fingerprint density at radius 3 is 1.46 bits per heavy atom. The molecule has 0 fully saturated rings. The first-order chi connectivity index (χ1) is 18.0. The average Bonchev–Trinajstić information content (AvgIpc) is 2.90. The topological polar surface area (TPSA) is 52.6 Å². The Morgan fingerprint density at radius 1 is 0.595 bits per heavy atom. The van der Waals surface area contributed by atoms with Crippen LogP contribution >= 0.6 is 0 Å². The summed E-state index contributed by atoms with van der Waals surface area (Å²) < 4.78 is 10.9. The first-order valence-corrected chi connectivity index (χ1v) is 14.6. The summed E-state index contributed by atoms with van der Waals surface area (Å²) >= 11 is 0. The van der Waals surface area contributed by atoms with Gasteiger partial charge < -0.3 is 9.47 Å². The zero-order chi connectivity index (χ0) is 26.7. The molecular formula is C33H48O4. The lowest BCUT2D eigenvalue weighted by atomic mass is 10.0. The molecule has 2 aromatic rings. The maximum absolute atomic E-state index is 12.5. The predicted molar refractivity (Wildman–Crippen MR) is 152 cm³/mol. The largest absolute Gasteiger partial charge is 0.427 e. The number of carbonyl (C=O) groups is 2. The van der Waals surface area contributed by atoms with Crippen LogP contribution in [0.3, 0.4) is 0 Å². The number of ether oxygens (including phenoxy) is 2. The maximum Gasteiger partial charge on any atom is 0.314 e. The fraction of sp³-hybridized carbons (Fsp3) is 0.576. The van der Waals surface area contributed by atoms with Gasteiger partial charge in [-0.15, -0.1) is 0 Å². The first kappa shape index (κ1) is 30.6. The lowest BCUT2D eigenvalue weighted by Crippen LogP contribution is -2.22. The monoisotopic (exact) mass is 508 g/mol. The van der Waals surface area contributed by atoms with E-state index in [9.17, 15) is 9.59 Å². The molecule has 0 radical (unpaired) electrons. The van der Waals surface area contributed by atoms with Gasteiger partial charge in [-0.05, 0) is 61.1 Å². The molecule has 0 aliphatic heterocycles. The Labute approximate surface area is 225 Å². The van der Waals surface area contributed by atoms with Gasteiger partial charge >= 0.3 is 11.9 Å². The van der Waals surface area contributed by atoms with Crippen LogP contribution in [0.4, 0.5) is 0 Å². The van der Waals surface area contributed by atoms with Gasteiger partial charge in [0, 0.05) is 0 Å². The summed E-state index contributed by atoms with van der Waals surface area (Å²) in [6.07, 6.45) is 17.4. The SMILES string of the molecule is CCCCCCCCc1ccc(OC(=O)CC(C)C(=O)Oc2ccc(CCCCCCCC)cc2)cc1. The molecule has 1 unspecified atom stereocenters. The Balaban J connectivity index is 1.67. The normalized spacial score (nSPS) is 11.8. The maximum atomic E-state index is 12.5. The van der Waals surface area contributed by atoms with E-state index < -0.39 is 17.9 Å². The number of esters is 2. The van der Waals surface area contributed by atoms with Crippen molar-refractivity contribution < 1.29 is 19.1 Å². The smallest absolute Gasteiger partial charge is 0.314 e. The van der Waals surface area contributed by atoms with Crippen molar-refractivity contribution in [1.82, 2.24) is 0 Å². The number of aryl methyl sites for hydroxylation is 2. The van der Waals surface area contributed by atoms with Crippen LogP contribution < -0.4 is 9.47 Å². The van der Waals surface area contributed by atoms with Crippen molar-refractivity contribution in [3.8, 4) is 11.5 Å². The summed E-state index contributed by atoms with van der Waals surface area (Å²) in [6.45, 7) is 6.16. The van der Waals surface area contributed by atoms with Crippen LogP contribution in [0.15, 0.2) is 48.5 Å². The van der Waals surface area contributed by atoms with Crippen molar-refractivity contribution in [1.29, 1.82) is 0 Å². The summed E-state index contributed by atoms with van der Waals surface area (Å²) in [6, 6.07) is 15.4. The van der Waals surface area contributed by atoms with Crippen molar-refractivity contribution in [2.75, 3.05) is 0 Å². The highest BCUT2D eigenvalue weighted by Crippen LogP contribution is 2.19. The molecule has 0 saturated heterocycles. The van der Waals surface area contributed by atoms with Gasteiger partial charge in [-0.2, -0.15) is 0 Å². The quantitative estimate of drug-likeness (QED) is 0.108. The molecule has 204 valence electrons. The average molecular weight is 509 g/mol. The highest BCUT2D eigenvalue weighted by Gasteiger charge is 2.20. The Hall–Kier alpha value is -2.62. The molecule has 4 heteroatoms. The van der Waals surface area contributed by atoms with E-state index in [4.69, 9.17) is 9.47 Å². The van der Waals surface area contributed by atoms with Crippen molar-refractivity contribution in [2.24, 2.45) is 5.92 Å². The minimum Gasteiger partial charge on any atom is -0.427 e. The second-order valence-electron chi connectivity index (χ2n) is 10.3.